The number of anilines is 1. The first kappa shape index (κ1) is 25.8. The molecule has 8 nitrogen and oxygen atoms in total. The van der Waals surface area contributed by atoms with E-state index in [1.807, 2.05) is 0 Å². The van der Waals surface area contributed by atoms with Crippen molar-refractivity contribution in [3.8, 4) is 0 Å². The molecule has 1 atom stereocenters. The van der Waals surface area contributed by atoms with Crippen LogP contribution in [0, 0.1) is 11.9 Å². The van der Waals surface area contributed by atoms with Crippen molar-refractivity contribution in [3.05, 3.63) is 50.6 Å². The SMILES string of the molecule is O=C(NC(CCOC1CC(CCc2ccc3c(n2)NCCC3)C1)C(=O)O)c1c(Cl)cnc(F)c1Br. The van der Waals surface area contributed by atoms with Crippen molar-refractivity contribution in [2.45, 2.75) is 57.1 Å². The zero-order chi connectivity index (χ0) is 24.9. The zero-order valence-electron chi connectivity index (χ0n) is 19.0. The van der Waals surface area contributed by atoms with E-state index in [9.17, 15) is 19.1 Å². The van der Waals surface area contributed by atoms with Crippen molar-refractivity contribution >= 4 is 45.2 Å². The summed E-state index contributed by atoms with van der Waals surface area (Å²) in [6.45, 7) is 1.16. The number of aromatic nitrogens is 2. The van der Waals surface area contributed by atoms with Gasteiger partial charge in [0.25, 0.3) is 5.91 Å². The maximum atomic E-state index is 13.7. The van der Waals surface area contributed by atoms with Crippen LogP contribution in [0.15, 0.2) is 22.8 Å². The van der Waals surface area contributed by atoms with Gasteiger partial charge in [-0.15, -0.1) is 0 Å². The van der Waals surface area contributed by atoms with Gasteiger partial charge in [0, 0.05) is 31.5 Å². The van der Waals surface area contributed by atoms with E-state index in [1.54, 1.807) is 0 Å². The van der Waals surface area contributed by atoms with Gasteiger partial charge >= 0.3 is 5.97 Å². The first-order chi connectivity index (χ1) is 16.8. The second-order valence-corrected chi connectivity index (χ2v) is 10.1. The highest BCUT2D eigenvalue weighted by atomic mass is 79.9. The smallest absolute Gasteiger partial charge is 0.326 e. The molecule has 3 N–H and O–H groups in total. The number of carboxylic acids is 1. The van der Waals surface area contributed by atoms with Gasteiger partial charge in [-0.2, -0.15) is 4.39 Å². The molecule has 35 heavy (non-hydrogen) atoms. The van der Waals surface area contributed by atoms with Gasteiger partial charge in [0.1, 0.15) is 11.9 Å². The molecule has 2 aromatic rings. The van der Waals surface area contributed by atoms with Crippen LogP contribution in [0.1, 0.15) is 53.7 Å². The molecule has 0 bridgehead atoms. The van der Waals surface area contributed by atoms with Gasteiger partial charge in [-0.1, -0.05) is 17.7 Å². The van der Waals surface area contributed by atoms with Gasteiger partial charge in [0.2, 0.25) is 5.95 Å². The Morgan fingerprint density at radius 2 is 2.17 bits per heavy atom. The van der Waals surface area contributed by atoms with Crippen LogP contribution < -0.4 is 10.6 Å². The van der Waals surface area contributed by atoms with E-state index in [1.165, 1.54) is 5.56 Å². The number of carbonyl (C=O) groups is 2. The molecule has 1 aliphatic carbocycles. The Morgan fingerprint density at radius 1 is 1.37 bits per heavy atom. The molecule has 0 spiro atoms. The molecular weight excluding hydrogens is 543 g/mol. The molecule has 188 valence electrons. The summed E-state index contributed by atoms with van der Waals surface area (Å²) in [5.74, 6) is -1.34. The number of ether oxygens (including phenoxy) is 1. The average Bonchev–Trinajstić information content (AvgIpc) is 2.81. The summed E-state index contributed by atoms with van der Waals surface area (Å²) < 4.78 is 19.3. The number of rotatable bonds is 10. The minimum Gasteiger partial charge on any atom is -0.480 e. The molecule has 4 rings (SSSR count). The highest BCUT2D eigenvalue weighted by Gasteiger charge is 2.31. The van der Waals surface area contributed by atoms with Gasteiger partial charge in [-0.3, -0.25) is 4.79 Å². The quantitative estimate of drug-likeness (QED) is 0.364. The molecule has 1 fully saturated rings. The molecule has 0 saturated heterocycles. The van der Waals surface area contributed by atoms with Crippen LogP contribution in [0.5, 0.6) is 0 Å². The van der Waals surface area contributed by atoms with Gasteiger partial charge < -0.3 is 20.5 Å². The lowest BCUT2D eigenvalue weighted by atomic mass is 9.79. The lowest BCUT2D eigenvalue weighted by Gasteiger charge is -2.35. The van der Waals surface area contributed by atoms with Crippen LogP contribution >= 0.6 is 27.5 Å². The highest BCUT2D eigenvalue weighted by molar-refractivity contribution is 9.10. The molecule has 11 heteroatoms. The minimum absolute atomic E-state index is 0.0804. The Labute approximate surface area is 216 Å². The van der Waals surface area contributed by atoms with E-state index in [-0.39, 0.29) is 34.2 Å². The van der Waals surface area contributed by atoms with E-state index in [0.29, 0.717) is 5.92 Å². The van der Waals surface area contributed by atoms with Gasteiger partial charge in [0.15, 0.2) is 0 Å². The van der Waals surface area contributed by atoms with Crippen LogP contribution in [0.4, 0.5) is 10.2 Å². The van der Waals surface area contributed by atoms with Crippen LogP contribution in [0.25, 0.3) is 0 Å². The fourth-order valence-corrected chi connectivity index (χ4v) is 5.24. The van der Waals surface area contributed by atoms with Crippen LogP contribution in [-0.2, 0) is 22.4 Å². The number of nitrogens with zero attached hydrogens (tertiary/aromatic N) is 2. The third-order valence-corrected chi connectivity index (χ3v) is 7.48. The van der Waals surface area contributed by atoms with Crippen LogP contribution in [0.3, 0.4) is 0 Å². The number of hydrogen-bond donors (Lipinski definition) is 3. The fraction of sp³-hybridized carbons (Fsp3) is 0.500. The molecule has 2 aliphatic rings. The van der Waals surface area contributed by atoms with Crippen molar-refractivity contribution in [1.29, 1.82) is 0 Å². The summed E-state index contributed by atoms with van der Waals surface area (Å²) in [6.07, 6.45) is 7.20. The summed E-state index contributed by atoms with van der Waals surface area (Å²) in [6, 6.07) is 3.10. The van der Waals surface area contributed by atoms with E-state index in [4.69, 9.17) is 21.3 Å². The second kappa shape index (κ2) is 11.6. The Kier molecular flexibility index (Phi) is 8.56. The van der Waals surface area contributed by atoms with E-state index < -0.39 is 23.9 Å². The van der Waals surface area contributed by atoms with Crippen molar-refractivity contribution in [3.63, 3.8) is 0 Å². The van der Waals surface area contributed by atoms with Crippen molar-refractivity contribution < 1.29 is 23.8 Å². The highest BCUT2D eigenvalue weighted by Crippen LogP contribution is 2.34. The average molecular weight is 570 g/mol. The topological polar surface area (TPSA) is 113 Å². The number of aliphatic carboxylic acids is 1. The van der Waals surface area contributed by atoms with E-state index >= 15 is 0 Å². The summed E-state index contributed by atoms with van der Waals surface area (Å²) in [4.78, 5) is 32.3. The molecule has 1 saturated carbocycles. The number of halogens is 3. The monoisotopic (exact) mass is 568 g/mol. The fourth-order valence-electron chi connectivity index (χ4n) is 4.40. The number of carboxylic acid groups (broad SMARTS) is 1. The lowest BCUT2D eigenvalue weighted by molar-refractivity contribution is -0.140. The number of fused-ring (bicyclic) bond motifs is 1. The van der Waals surface area contributed by atoms with Crippen LogP contribution in [-0.4, -0.2) is 52.2 Å². The number of hydrogen-bond acceptors (Lipinski definition) is 6. The molecular formula is C24H27BrClFN4O4. The molecule has 3 heterocycles. The Balaban J connectivity index is 1.18. The number of nitrogens with one attached hydrogen (secondary N) is 2. The first-order valence-corrected chi connectivity index (χ1v) is 12.9. The Morgan fingerprint density at radius 3 is 2.94 bits per heavy atom. The summed E-state index contributed by atoms with van der Waals surface area (Å²) >= 11 is 8.88. The summed E-state index contributed by atoms with van der Waals surface area (Å²) in [5.41, 5.74) is 2.19. The lowest BCUT2D eigenvalue weighted by Crippen LogP contribution is -2.42. The normalized spacial score (nSPS) is 19.7. The maximum absolute atomic E-state index is 13.7. The first-order valence-electron chi connectivity index (χ1n) is 11.7. The molecule has 2 aromatic heterocycles. The molecule has 1 unspecified atom stereocenters. The minimum atomic E-state index is -1.21. The van der Waals surface area contributed by atoms with E-state index in [0.717, 1.165) is 62.8 Å². The largest absolute Gasteiger partial charge is 0.480 e. The molecule has 1 amide bonds. The summed E-state index contributed by atoms with van der Waals surface area (Å²) in [5, 5.41) is 15.1. The third kappa shape index (κ3) is 6.48. The third-order valence-electron chi connectivity index (χ3n) is 6.47. The van der Waals surface area contributed by atoms with Crippen molar-refractivity contribution in [1.82, 2.24) is 15.3 Å². The number of pyridine rings is 2. The van der Waals surface area contributed by atoms with Gasteiger partial charge in [0.05, 0.1) is 21.2 Å². The van der Waals surface area contributed by atoms with Gasteiger partial charge in [-0.25, -0.2) is 14.8 Å². The number of aryl methyl sites for hydroxylation is 2. The maximum Gasteiger partial charge on any atom is 0.326 e. The van der Waals surface area contributed by atoms with Crippen molar-refractivity contribution in [2.24, 2.45) is 5.92 Å². The predicted molar refractivity (Wildman–Crippen MR) is 132 cm³/mol. The van der Waals surface area contributed by atoms with Crippen molar-refractivity contribution in [2.75, 3.05) is 18.5 Å². The number of carbonyl (C=O) groups excluding carboxylic acids is 1. The van der Waals surface area contributed by atoms with Crippen LogP contribution in [0.2, 0.25) is 5.02 Å². The molecule has 0 radical (unpaired) electrons. The Bertz CT molecular complexity index is 1100. The predicted octanol–water partition coefficient (Wildman–Crippen LogP) is 4.39. The second-order valence-electron chi connectivity index (χ2n) is 8.95. The molecule has 0 aromatic carbocycles. The standard InChI is InChI=1S/C24H27BrClFN4O4/c25-20-19(17(26)12-29-21(20)27)23(32)31-18(24(33)34)7-9-35-16-10-13(11-16)3-5-15-6-4-14-2-1-8-28-22(14)30-15/h4,6,12-13,16,18H,1-3,5,7-11H2,(H,28,30)(H,31,32)(H,33,34). The van der Waals surface area contributed by atoms with Gasteiger partial charge in [-0.05, 0) is 72.0 Å². The number of amides is 1. The molecule has 1 aliphatic heterocycles. The van der Waals surface area contributed by atoms with E-state index in [2.05, 4.69) is 43.7 Å². The Hall–Kier alpha value is -2.30. The summed E-state index contributed by atoms with van der Waals surface area (Å²) in [7, 11) is 0. The zero-order valence-corrected chi connectivity index (χ0v) is 21.4.